The summed E-state index contributed by atoms with van der Waals surface area (Å²) < 4.78 is 11.0. The molecule has 2 N–H and O–H groups in total. The van der Waals surface area contributed by atoms with Crippen LogP contribution in [0.4, 0.5) is 11.4 Å². The first-order chi connectivity index (χ1) is 12.9. The van der Waals surface area contributed by atoms with E-state index in [-0.39, 0.29) is 11.8 Å². The lowest BCUT2D eigenvalue weighted by Crippen LogP contribution is -2.15. The molecule has 0 saturated heterocycles. The normalized spacial score (nSPS) is 12.7. The second-order valence-corrected chi connectivity index (χ2v) is 6.54. The molecule has 140 valence electrons. The Bertz CT molecular complexity index is 928. The van der Waals surface area contributed by atoms with E-state index in [2.05, 4.69) is 10.6 Å². The molecular weight excluding hydrogens is 391 g/mol. The zero-order valence-electron chi connectivity index (χ0n) is 14.3. The van der Waals surface area contributed by atoms with Gasteiger partial charge in [-0.2, -0.15) is 0 Å². The SMILES string of the molecule is CC(=O)Nc1ccc(Cl)c(NC(=O)C=Cc2cc(Cl)c3c(c2)OCCO3)c1. The number of anilines is 2. The van der Waals surface area contributed by atoms with Gasteiger partial charge in [0.2, 0.25) is 11.8 Å². The van der Waals surface area contributed by atoms with E-state index in [1.807, 2.05) is 0 Å². The molecule has 0 aromatic heterocycles. The fourth-order valence-electron chi connectivity index (χ4n) is 2.48. The molecule has 0 atom stereocenters. The van der Waals surface area contributed by atoms with Crippen LogP contribution >= 0.6 is 23.2 Å². The van der Waals surface area contributed by atoms with Crippen molar-refractivity contribution in [2.45, 2.75) is 6.92 Å². The Balaban J connectivity index is 1.72. The molecule has 27 heavy (non-hydrogen) atoms. The average Bonchev–Trinajstić information content (AvgIpc) is 2.62. The molecule has 3 rings (SSSR count). The van der Waals surface area contributed by atoms with Gasteiger partial charge in [0.15, 0.2) is 11.5 Å². The second kappa shape index (κ2) is 8.33. The van der Waals surface area contributed by atoms with Crippen LogP contribution in [0.5, 0.6) is 11.5 Å². The van der Waals surface area contributed by atoms with Crippen LogP contribution in [-0.2, 0) is 9.59 Å². The summed E-state index contributed by atoms with van der Waals surface area (Å²) in [5.74, 6) is 0.443. The third kappa shape index (κ3) is 4.93. The van der Waals surface area contributed by atoms with E-state index >= 15 is 0 Å². The van der Waals surface area contributed by atoms with Crippen molar-refractivity contribution in [1.82, 2.24) is 0 Å². The first-order valence-electron chi connectivity index (χ1n) is 8.08. The fraction of sp³-hybridized carbons (Fsp3) is 0.158. The summed E-state index contributed by atoms with van der Waals surface area (Å²) >= 11 is 12.3. The van der Waals surface area contributed by atoms with Crippen molar-refractivity contribution in [3.63, 3.8) is 0 Å². The van der Waals surface area contributed by atoms with Crippen molar-refractivity contribution in [3.8, 4) is 11.5 Å². The van der Waals surface area contributed by atoms with Gasteiger partial charge in [-0.05, 0) is 42.0 Å². The molecule has 0 fully saturated rings. The van der Waals surface area contributed by atoms with Crippen LogP contribution in [-0.4, -0.2) is 25.0 Å². The van der Waals surface area contributed by atoms with Gasteiger partial charge in [-0.25, -0.2) is 0 Å². The largest absolute Gasteiger partial charge is 0.486 e. The molecule has 1 aliphatic heterocycles. The molecule has 0 aliphatic carbocycles. The summed E-state index contributed by atoms with van der Waals surface area (Å²) in [5.41, 5.74) is 1.61. The van der Waals surface area contributed by atoms with Gasteiger partial charge in [0.1, 0.15) is 13.2 Å². The van der Waals surface area contributed by atoms with Gasteiger partial charge < -0.3 is 20.1 Å². The molecule has 0 spiro atoms. The highest BCUT2D eigenvalue weighted by Crippen LogP contribution is 2.38. The summed E-state index contributed by atoms with van der Waals surface area (Å²) in [5, 5.41) is 6.07. The van der Waals surface area contributed by atoms with Crippen molar-refractivity contribution in [2.75, 3.05) is 23.8 Å². The van der Waals surface area contributed by atoms with Crippen LogP contribution < -0.4 is 20.1 Å². The highest BCUT2D eigenvalue weighted by molar-refractivity contribution is 6.34. The molecule has 8 heteroatoms. The molecule has 6 nitrogen and oxygen atoms in total. The van der Waals surface area contributed by atoms with Crippen molar-refractivity contribution in [3.05, 3.63) is 52.0 Å². The maximum Gasteiger partial charge on any atom is 0.248 e. The molecule has 1 heterocycles. The first kappa shape index (κ1) is 19.1. The molecule has 2 amide bonds. The average molecular weight is 407 g/mol. The maximum atomic E-state index is 12.2. The topological polar surface area (TPSA) is 76.7 Å². The minimum Gasteiger partial charge on any atom is -0.486 e. The van der Waals surface area contributed by atoms with Crippen molar-refractivity contribution in [1.29, 1.82) is 0 Å². The van der Waals surface area contributed by atoms with Gasteiger partial charge in [-0.3, -0.25) is 9.59 Å². The molecule has 0 radical (unpaired) electrons. The number of carbonyl (C=O) groups is 2. The van der Waals surface area contributed by atoms with E-state index in [4.69, 9.17) is 32.7 Å². The molecule has 2 aromatic carbocycles. The third-order valence-electron chi connectivity index (χ3n) is 3.59. The molecule has 0 bridgehead atoms. The Labute approximate surface area is 166 Å². The Morgan fingerprint density at radius 3 is 2.59 bits per heavy atom. The van der Waals surface area contributed by atoms with Crippen LogP contribution in [0.2, 0.25) is 10.0 Å². The van der Waals surface area contributed by atoms with Gasteiger partial charge in [-0.15, -0.1) is 0 Å². The summed E-state index contributed by atoms with van der Waals surface area (Å²) in [4.78, 5) is 23.4. The summed E-state index contributed by atoms with van der Waals surface area (Å²) in [6, 6.07) is 8.24. The number of fused-ring (bicyclic) bond motifs is 1. The maximum absolute atomic E-state index is 12.2. The first-order valence-corrected chi connectivity index (χ1v) is 8.83. The van der Waals surface area contributed by atoms with Crippen molar-refractivity contribution >= 4 is 52.5 Å². The second-order valence-electron chi connectivity index (χ2n) is 5.73. The third-order valence-corrected chi connectivity index (χ3v) is 4.20. The summed E-state index contributed by atoms with van der Waals surface area (Å²) in [6.07, 6.45) is 2.95. The van der Waals surface area contributed by atoms with Gasteiger partial charge in [0.25, 0.3) is 0 Å². The van der Waals surface area contributed by atoms with Crippen molar-refractivity contribution in [2.24, 2.45) is 0 Å². The number of amides is 2. The van der Waals surface area contributed by atoms with Crippen LogP contribution in [0.1, 0.15) is 12.5 Å². The summed E-state index contributed by atoms with van der Waals surface area (Å²) in [6.45, 7) is 2.29. The standard InChI is InChI=1S/C19H16Cl2N2O4/c1-11(24)22-13-3-4-14(20)16(10-13)23-18(25)5-2-12-8-15(21)19-17(9-12)26-6-7-27-19/h2-5,8-10H,6-7H2,1H3,(H,22,24)(H,23,25). The minimum atomic E-state index is -0.386. The number of hydrogen-bond acceptors (Lipinski definition) is 4. The Hall–Kier alpha value is -2.70. The van der Waals surface area contributed by atoms with E-state index in [0.717, 1.165) is 0 Å². The van der Waals surface area contributed by atoms with Crippen LogP contribution in [0.15, 0.2) is 36.4 Å². The van der Waals surface area contributed by atoms with E-state index < -0.39 is 0 Å². The van der Waals surface area contributed by atoms with E-state index in [1.54, 1.807) is 36.4 Å². The number of benzene rings is 2. The number of nitrogens with one attached hydrogen (secondary N) is 2. The number of halogens is 2. The molecular formula is C19H16Cl2N2O4. The molecule has 0 unspecified atom stereocenters. The van der Waals surface area contributed by atoms with Crippen LogP contribution in [0.25, 0.3) is 6.08 Å². The number of rotatable bonds is 4. The zero-order valence-corrected chi connectivity index (χ0v) is 15.9. The predicted molar refractivity (Wildman–Crippen MR) is 106 cm³/mol. The monoisotopic (exact) mass is 406 g/mol. The number of hydrogen-bond donors (Lipinski definition) is 2. The van der Waals surface area contributed by atoms with E-state index in [1.165, 1.54) is 13.0 Å². The number of ether oxygens (including phenoxy) is 2. The number of carbonyl (C=O) groups excluding carboxylic acids is 2. The van der Waals surface area contributed by atoms with Crippen molar-refractivity contribution < 1.29 is 19.1 Å². The fourth-order valence-corrected chi connectivity index (χ4v) is 2.91. The Morgan fingerprint density at radius 1 is 1.04 bits per heavy atom. The van der Waals surface area contributed by atoms with Gasteiger partial charge in [-0.1, -0.05) is 23.2 Å². The minimum absolute atomic E-state index is 0.218. The summed E-state index contributed by atoms with van der Waals surface area (Å²) in [7, 11) is 0. The lowest BCUT2D eigenvalue weighted by Gasteiger charge is -2.19. The quantitative estimate of drug-likeness (QED) is 0.738. The molecule has 1 aliphatic rings. The smallest absolute Gasteiger partial charge is 0.248 e. The highest BCUT2D eigenvalue weighted by atomic mass is 35.5. The Morgan fingerprint density at radius 2 is 1.81 bits per heavy atom. The molecule has 2 aromatic rings. The van der Waals surface area contributed by atoms with E-state index in [9.17, 15) is 9.59 Å². The van der Waals surface area contributed by atoms with Gasteiger partial charge >= 0.3 is 0 Å². The highest BCUT2D eigenvalue weighted by Gasteiger charge is 2.16. The van der Waals surface area contributed by atoms with Gasteiger partial charge in [0, 0.05) is 18.7 Å². The van der Waals surface area contributed by atoms with E-state index in [0.29, 0.717) is 51.7 Å². The van der Waals surface area contributed by atoms with Gasteiger partial charge in [0.05, 0.1) is 15.7 Å². The Kier molecular flexibility index (Phi) is 5.88. The van der Waals surface area contributed by atoms with Crippen LogP contribution in [0.3, 0.4) is 0 Å². The molecule has 0 saturated carbocycles. The zero-order chi connectivity index (χ0) is 19.4. The lowest BCUT2D eigenvalue weighted by molar-refractivity contribution is -0.114. The van der Waals surface area contributed by atoms with Crippen LogP contribution in [0, 0.1) is 0 Å². The lowest BCUT2D eigenvalue weighted by atomic mass is 10.1. The predicted octanol–water partition coefficient (Wildman–Crippen LogP) is 4.37.